The number of hydrogen-bond acceptors (Lipinski definition) is 5. The van der Waals surface area contributed by atoms with E-state index in [9.17, 15) is 28.2 Å². The summed E-state index contributed by atoms with van der Waals surface area (Å²) in [5.41, 5.74) is -0.792. The third-order valence-electron chi connectivity index (χ3n) is 5.27. The van der Waals surface area contributed by atoms with Gasteiger partial charge in [-0.15, -0.1) is 0 Å². The number of benzene rings is 2. The van der Waals surface area contributed by atoms with Crippen molar-refractivity contribution in [1.29, 1.82) is 0 Å². The lowest BCUT2D eigenvalue weighted by Crippen LogP contribution is -2.39. The molecule has 0 bridgehead atoms. The summed E-state index contributed by atoms with van der Waals surface area (Å²) in [6, 6.07) is 14.9. The van der Waals surface area contributed by atoms with Crippen molar-refractivity contribution in [2.45, 2.75) is 25.3 Å². The summed E-state index contributed by atoms with van der Waals surface area (Å²) in [5, 5.41) is 26.1. The normalized spacial score (nSPS) is 13.6. The number of rotatable bonds is 5. The summed E-state index contributed by atoms with van der Waals surface area (Å²) in [6.07, 6.45) is -3.30. The van der Waals surface area contributed by atoms with Gasteiger partial charge in [0.15, 0.2) is 11.2 Å². The number of aromatic nitrogens is 3. The molecule has 2 aromatic heterocycles. The maximum absolute atomic E-state index is 13.0. The van der Waals surface area contributed by atoms with E-state index in [1.54, 1.807) is 41.0 Å². The minimum absolute atomic E-state index is 0.0933. The summed E-state index contributed by atoms with van der Waals surface area (Å²) >= 11 is 0. The van der Waals surface area contributed by atoms with E-state index < -0.39 is 17.7 Å². The van der Waals surface area contributed by atoms with Gasteiger partial charge in [0.25, 0.3) is 5.91 Å². The van der Waals surface area contributed by atoms with Gasteiger partial charge < -0.3 is 15.5 Å². The van der Waals surface area contributed by atoms with Crippen LogP contribution in [0.15, 0.2) is 66.9 Å². The first-order chi connectivity index (χ1) is 15.6. The molecule has 0 saturated carbocycles. The van der Waals surface area contributed by atoms with Crippen LogP contribution in [0.25, 0.3) is 16.9 Å². The molecule has 0 saturated heterocycles. The van der Waals surface area contributed by atoms with Gasteiger partial charge in [0.05, 0.1) is 18.5 Å². The maximum Gasteiger partial charge on any atom is 0.421 e. The largest absolute Gasteiger partial charge is 0.421 e. The van der Waals surface area contributed by atoms with Crippen LogP contribution in [0.3, 0.4) is 0 Å². The topological polar surface area (TPSA) is 99.8 Å². The van der Waals surface area contributed by atoms with E-state index in [0.717, 1.165) is 17.7 Å². The lowest BCUT2D eigenvalue weighted by molar-refractivity contribution is -0.258. The number of anilines is 1. The monoisotopic (exact) mass is 456 g/mol. The van der Waals surface area contributed by atoms with Gasteiger partial charge in [0.2, 0.25) is 0 Å². The fourth-order valence-electron chi connectivity index (χ4n) is 3.31. The standard InChI is InChI=1S/C23H19F3N4O3/c1-22(33,23(24,25)26)17-7-5-15(6-8-17)21(32)29-19-12-18(30-20(28-19)9-10-27-30)16-4-2-3-14(11-16)13-31/h2-12,31,33H,13H2,1H3,(H,28,29,32). The molecule has 0 spiro atoms. The number of carbonyl (C=O) groups is 1. The first-order valence-corrected chi connectivity index (χ1v) is 9.86. The molecule has 1 unspecified atom stereocenters. The Hall–Kier alpha value is -3.76. The van der Waals surface area contributed by atoms with E-state index in [1.165, 1.54) is 12.1 Å². The van der Waals surface area contributed by atoms with Crippen molar-refractivity contribution in [2.24, 2.45) is 0 Å². The minimum Gasteiger partial charge on any atom is -0.392 e. The molecule has 4 rings (SSSR count). The van der Waals surface area contributed by atoms with Crippen LogP contribution in [-0.4, -0.2) is 36.9 Å². The number of fused-ring (bicyclic) bond motifs is 1. The highest BCUT2D eigenvalue weighted by atomic mass is 19.4. The van der Waals surface area contributed by atoms with Crippen LogP contribution >= 0.6 is 0 Å². The summed E-state index contributed by atoms with van der Waals surface area (Å²) in [5.74, 6) is -0.372. The smallest absolute Gasteiger partial charge is 0.392 e. The van der Waals surface area contributed by atoms with Crippen molar-refractivity contribution < 1.29 is 28.2 Å². The van der Waals surface area contributed by atoms with Gasteiger partial charge in [-0.3, -0.25) is 4.79 Å². The van der Waals surface area contributed by atoms with Crippen molar-refractivity contribution >= 4 is 17.4 Å². The summed E-state index contributed by atoms with van der Waals surface area (Å²) in [4.78, 5) is 17.1. The Morgan fingerprint density at radius 2 is 1.82 bits per heavy atom. The van der Waals surface area contributed by atoms with Crippen LogP contribution in [0.1, 0.15) is 28.4 Å². The molecule has 0 radical (unpaired) electrons. The Morgan fingerprint density at radius 3 is 2.48 bits per heavy atom. The molecule has 4 aromatic rings. The van der Waals surface area contributed by atoms with Crippen molar-refractivity contribution in [3.63, 3.8) is 0 Å². The highest BCUT2D eigenvalue weighted by molar-refractivity contribution is 6.04. The zero-order valence-electron chi connectivity index (χ0n) is 17.3. The van der Waals surface area contributed by atoms with Crippen molar-refractivity contribution in [2.75, 3.05) is 5.32 Å². The summed E-state index contributed by atoms with van der Waals surface area (Å²) in [7, 11) is 0. The number of nitrogens with zero attached hydrogens (tertiary/aromatic N) is 3. The molecule has 170 valence electrons. The maximum atomic E-state index is 13.0. The molecule has 0 fully saturated rings. The van der Waals surface area contributed by atoms with Gasteiger partial charge in [0.1, 0.15) is 5.82 Å². The van der Waals surface area contributed by atoms with E-state index in [0.29, 0.717) is 23.8 Å². The molecule has 1 atom stereocenters. The minimum atomic E-state index is -4.86. The average Bonchev–Trinajstić information content (AvgIpc) is 3.26. The van der Waals surface area contributed by atoms with Crippen LogP contribution < -0.4 is 5.32 Å². The fraction of sp³-hybridized carbons (Fsp3) is 0.174. The zero-order valence-corrected chi connectivity index (χ0v) is 17.3. The van der Waals surface area contributed by atoms with Gasteiger partial charge in [-0.2, -0.15) is 18.3 Å². The Morgan fingerprint density at radius 1 is 1.09 bits per heavy atom. The van der Waals surface area contributed by atoms with E-state index in [1.807, 2.05) is 6.07 Å². The molecule has 2 aromatic carbocycles. The lowest BCUT2D eigenvalue weighted by Gasteiger charge is -2.26. The number of aliphatic hydroxyl groups is 2. The third kappa shape index (κ3) is 4.30. The van der Waals surface area contributed by atoms with Crippen molar-refractivity contribution in [1.82, 2.24) is 14.6 Å². The van der Waals surface area contributed by atoms with Gasteiger partial charge in [-0.25, -0.2) is 9.50 Å². The fourth-order valence-corrected chi connectivity index (χ4v) is 3.31. The summed E-state index contributed by atoms with van der Waals surface area (Å²) in [6.45, 7) is 0.516. The first kappa shape index (κ1) is 22.4. The Bertz CT molecular complexity index is 1310. The number of halogens is 3. The van der Waals surface area contributed by atoms with E-state index in [2.05, 4.69) is 15.4 Å². The molecular formula is C23H19F3N4O3. The highest BCUT2D eigenvalue weighted by Gasteiger charge is 2.51. The number of carbonyl (C=O) groups excluding carboxylic acids is 1. The number of amides is 1. The first-order valence-electron chi connectivity index (χ1n) is 9.86. The second-order valence-corrected chi connectivity index (χ2v) is 7.59. The number of nitrogens with one attached hydrogen (secondary N) is 1. The third-order valence-corrected chi connectivity index (χ3v) is 5.27. The van der Waals surface area contributed by atoms with Crippen LogP contribution in [0.2, 0.25) is 0 Å². The SMILES string of the molecule is CC(O)(c1ccc(C(=O)Nc2cc(-c3cccc(CO)c3)n3nccc3n2)cc1)C(F)(F)F. The van der Waals surface area contributed by atoms with Crippen molar-refractivity contribution in [3.05, 3.63) is 83.6 Å². The quantitative estimate of drug-likeness (QED) is 0.423. The predicted octanol–water partition coefficient (Wildman–Crippen LogP) is 3.91. The Balaban J connectivity index is 1.64. The van der Waals surface area contributed by atoms with Crippen LogP contribution in [0, 0.1) is 0 Å². The second kappa shape index (κ2) is 8.30. The number of hydrogen-bond donors (Lipinski definition) is 3. The molecule has 0 aliphatic rings. The predicted molar refractivity (Wildman–Crippen MR) is 114 cm³/mol. The molecular weight excluding hydrogens is 437 g/mol. The molecule has 1 amide bonds. The summed E-state index contributed by atoms with van der Waals surface area (Å²) < 4.78 is 40.7. The van der Waals surface area contributed by atoms with Crippen LogP contribution in [0.5, 0.6) is 0 Å². The lowest BCUT2D eigenvalue weighted by atomic mass is 9.94. The van der Waals surface area contributed by atoms with Crippen molar-refractivity contribution in [3.8, 4) is 11.3 Å². The zero-order chi connectivity index (χ0) is 23.8. The molecule has 7 nitrogen and oxygen atoms in total. The Kier molecular flexibility index (Phi) is 5.64. The van der Waals surface area contributed by atoms with Crippen LogP contribution in [-0.2, 0) is 12.2 Å². The number of alkyl halides is 3. The van der Waals surface area contributed by atoms with E-state index in [4.69, 9.17) is 0 Å². The van der Waals surface area contributed by atoms with Gasteiger partial charge >= 0.3 is 6.18 Å². The van der Waals surface area contributed by atoms with Gasteiger partial charge in [-0.05, 0) is 36.2 Å². The van der Waals surface area contributed by atoms with E-state index in [-0.39, 0.29) is 23.6 Å². The second-order valence-electron chi connectivity index (χ2n) is 7.59. The molecule has 0 aliphatic heterocycles. The van der Waals surface area contributed by atoms with E-state index >= 15 is 0 Å². The highest BCUT2D eigenvalue weighted by Crippen LogP contribution is 2.38. The molecule has 10 heteroatoms. The van der Waals surface area contributed by atoms with Crippen LogP contribution in [0.4, 0.5) is 19.0 Å². The molecule has 3 N–H and O–H groups in total. The van der Waals surface area contributed by atoms with Gasteiger partial charge in [0, 0.05) is 23.3 Å². The molecule has 2 heterocycles. The number of aliphatic hydroxyl groups excluding tert-OH is 1. The molecule has 0 aliphatic carbocycles. The van der Waals surface area contributed by atoms with Gasteiger partial charge in [-0.1, -0.05) is 30.3 Å². The molecule has 33 heavy (non-hydrogen) atoms. The average molecular weight is 456 g/mol. The Labute approximate surface area is 186 Å².